The summed E-state index contributed by atoms with van der Waals surface area (Å²) in [6.07, 6.45) is 4.11. The third kappa shape index (κ3) is 4.19. The molecule has 2 N–H and O–H groups in total. The number of amides is 1. The van der Waals surface area contributed by atoms with E-state index in [1.165, 1.54) is 5.56 Å². The molecule has 100 valence electrons. The van der Waals surface area contributed by atoms with Crippen LogP contribution in [0.25, 0.3) is 0 Å². The molecule has 1 unspecified atom stereocenters. The first-order valence-electron chi connectivity index (χ1n) is 5.92. The monoisotopic (exact) mass is 286 g/mol. The normalized spacial score (nSPS) is 18.2. The second-order valence-electron chi connectivity index (χ2n) is 4.27. The van der Waals surface area contributed by atoms with Crippen molar-refractivity contribution in [2.24, 2.45) is 0 Å². The predicted molar refractivity (Wildman–Crippen MR) is 80.6 cm³/mol. The van der Waals surface area contributed by atoms with Gasteiger partial charge in [-0.05, 0) is 43.3 Å². The standard InChI is InChI=1S/C13H18N2OS.ClH/c1-17-9-10-4-6-11(7-5-10)15-13(16)12-3-2-8-14-12;/h4-7,12,14H,2-3,8-9H2,1H3,(H,15,16);1H. The smallest absolute Gasteiger partial charge is 0.241 e. The summed E-state index contributed by atoms with van der Waals surface area (Å²) in [5.41, 5.74) is 2.17. The van der Waals surface area contributed by atoms with Crippen LogP contribution >= 0.6 is 24.2 Å². The highest BCUT2D eigenvalue weighted by atomic mass is 35.5. The fraction of sp³-hybridized carbons (Fsp3) is 0.462. The summed E-state index contributed by atoms with van der Waals surface area (Å²) in [6, 6.07) is 8.06. The Balaban J connectivity index is 0.00000162. The Bertz CT molecular complexity index is 377. The minimum Gasteiger partial charge on any atom is -0.325 e. The van der Waals surface area contributed by atoms with Crippen LogP contribution in [0.1, 0.15) is 18.4 Å². The molecule has 1 saturated heterocycles. The van der Waals surface area contributed by atoms with E-state index in [1.807, 2.05) is 12.1 Å². The van der Waals surface area contributed by atoms with Gasteiger partial charge >= 0.3 is 0 Å². The van der Waals surface area contributed by atoms with E-state index in [0.717, 1.165) is 30.8 Å². The molecule has 1 aliphatic heterocycles. The third-order valence-corrected chi connectivity index (χ3v) is 3.53. The molecule has 0 aromatic heterocycles. The maximum atomic E-state index is 11.8. The Morgan fingerprint density at radius 3 is 2.72 bits per heavy atom. The first kappa shape index (κ1) is 15.3. The summed E-state index contributed by atoms with van der Waals surface area (Å²) in [7, 11) is 0. The fourth-order valence-electron chi connectivity index (χ4n) is 1.99. The Hall–Kier alpha value is -0.710. The molecule has 1 atom stereocenters. The lowest BCUT2D eigenvalue weighted by molar-refractivity contribution is -0.117. The quantitative estimate of drug-likeness (QED) is 0.894. The average molecular weight is 287 g/mol. The van der Waals surface area contributed by atoms with Gasteiger partial charge in [-0.2, -0.15) is 11.8 Å². The van der Waals surface area contributed by atoms with Crippen molar-refractivity contribution in [2.45, 2.75) is 24.6 Å². The van der Waals surface area contributed by atoms with E-state index in [0.29, 0.717) is 0 Å². The topological polar surface area (TPSA) is 41.1 Å². The van der Waals surface area contributed by atoms with E-state index in [2.05, 4.69) is 29.0 Å². The van der Waals surface area contributed by atoms with Crippen molar-refractivity contribution < 1.29 is 4.79 Å². The zero-order valence-electron chi connectivity index (χ0n) is 10.4. The molecule has 18 heavy (non-hydrogen) atoms. The number of benzene rings is 1. The molecule has 3 nitrogen and oxygen atoms in total. The van der Waals surface area contributed by atoms with Crippen molar-refractivity contribution in [3.8, 4) is 0 Å². The Morgan fingerprint density at radius 2 is 2.17 bits per heavy atom. The molecule has 1 heterocycles. The predicted octanol–water partition coefficient (Wildman–Crippen LogP) is 2.66. The molecular weight excluding hydrogens is 268 g/mol. The van der Waals surface area contributed by atoms with Crippen LogP contribution in [0.4, 0.5) is 5.69 Å². The van der Waals surface area contributed by atoms with Crippen molar-refractivity contribution in [3.05, 3.63) is 29.8 Å². The summed E-state index contributed by atoms with van der Waals surface area (Å²) < 4.78 is 0. The minimum atomic E-state index is -0.0131. The number of halogens is 1. The van der Waals surface area contributed by atoms with Crippen molar-refractivity contribution in [3.63, 3.8) is 0 Å². The van der Waals surface area contributed by atoms with Crippen molar-refractivity contribution in [1.29, 1.82) is 0 Å². The Morgan fingerprint density at radius 1 is 1.44 bits per heavy atom. The highest BCUT2D eigenvalue weighted by Gasteiger charge is 2.21. The van der Waals surface area contributed by atoms with Crippen LogP contribution in [0.2, 0.25) is 0 Å². The van der Waals surface area contributed by atoms with Gasteiger partial charge in [-0.1, -0.05) is 12.1 Å². The SMILES string of the molecule is CSCc1ccc(NC(=O)C2CCCN2)cc1.Cl. The largest absolute Gasteiger partial charge is 0.325 e. The van der Waals surface area contributed by atoms with E-state index in [1.54, 1.807) is 11.8 Å². The van der Waals surface area contributed by atoms with E-state index in [4.69, 9.17) is 0 Å². The van der Waals surface area contributed by atoms with Gasteiger partial charge in [-0.3, -0.25) is 4.79 Å². The van der Waals surface area contributed by atoms with Crippen LogP contribution in [-0.2, 0) is 10.5 Å². The average Bonchev–Trinajstić information content (AvgIpc) is 2.86. The summed E-state index contributed by atoms with van der Waals surface area (Å²) >= 11 is 1.80. The summed E-state index contributed by atoms with van der Waals surface area (Å²) in [6.45, 7) is 0.949. The highest BCUT2D eigenvalue weighted by molar-refractivity contribution is 7.97. The van der Waals surface area contributed by atoms with Crippen molar-refractivity contribution in [1.82, 2.24) is 5.32 Å². The van der Waals surface area contributed by atoms with Crippen molar-refractivity contribution in [2.75, 3.05) is 18.1 Å². The number of hydrogen-bond acceptors (Lipinski definition) is 3. The number of anilines is 1. The highest BCUT2D eigenvalue weighted by Crippen LogP contribution is 2.15. The van der Waals surface area contributed by atoms with Crippen molar-refractivity contribution >= 4 is 35.8 Å². The van der Waals surface area contributed by atoms with Gasteiger partial charge in [0.05, 0.1) is 6.04 Å². The third-order valence-electron chi connectivity index (χ3n) is 2.91. The molecule has 1 fully saturated rings. The molecule has 1 amide bonds. The zero-order chi connectivity index (χ0) is 12.1. The van der Waals surface area contributed by atoms with Gasteiger partial charge in [0.2, 0.25) is 5.91 Å². The first-order valence-corrected chi connectivity index (χ1v) is 7.31. The number of carbonyl (C=O) groups excluding carboxylic acids is 1. The fourth-order valence-corrected chi connectivity index (χ4v) is 2.51. The molecule has 0 aliphatic carbocycles. The zero-order valence-corrected chi connectivity index (χ0v) is 12.1. The lowest BCUT2D eigenvalue weighted by Crippen LogP contribution is -2.35. The maximum Gasteiger partial charge on any atom is 0.241 e. The van der Waals surface area contributed by atoms with Crippen LogP contribution < -0.4 is 10.6 Å². The molecule has 1 aromatic rings. The van der Waals surface area contributed by atoms with Crippen LogP contribution in [0.5, 0.6) is 0 Å². The van der Waals surface area contributed by atoms with Gasteiger partial charge in [0.25, 0.3) is 0 Å². The van der Waals surface area contributed by atoms with Gasteiger partial charge in [0, 0.05) is 11.4 Å². The first-order chi connectivity index (χ1) is 8.29. The molecule has 1 aliphatic rings. The summed E-state index contributed by atoms with van der Waals surface area (Å²) in [4.78, 5) is 11.8. The van der Waals surface area contributed by atoms with Crippen LogP contribution in [0.3, 0.4) is 0 Å². The lowest BCUT2D eigenvalue weighted by atomic mass is 10.2. The van der Waals surface area contributed by atoms with Gasteiger partial charge in [-0.25, -0.2) is 0 Å². The maximum absolute atomic E-state index is 11.8. The molecule has 0 saturated carbocycles. The molecule has 0 bridgehead atoms. The minimum absolute atomic E-state index is 0. The number of carbonyl (C=O) groups is 1. The van der Waals surface area contributed by atoms with Gasteiger partial charge in [-0.15, -0.1) is 12.4 Å². The second-order valence-corrected chi connectivity index (χ2v) is 5.13. The molecule has 5 heteroatoms. The van der Waals surface area contributed by atoms with E-state index < -0.39 is 0 Å². The van der Waals surface area contributed by atoms with Crippen LogP contribution in [0, 0.1) is 0 Å². The van der Waals surface area contributed by atoms with Crippen LogP contribution in [-0.4, -0.2) is 24.7 Å². The van der Waals surface area contributed by atoms with E-state index >= 15 is 0 Å². The summed E-state index contributed by atoms with van der Waals surface area (Å²) in [5.74, 6) is 1.10. The van der Waals surface area contributed by atoms with Gasteiger partial charge in [0.15, 0.2) is 0 Å². The molecule has 0 spiro atoms. The van der Waals surface area contributed by atoms with E-state index in [-0.39, 0.29) is 24.4 Å². The van der Waals surface area contributed by atoms with Gasteiger partial charge in [0.1, 0.15) is 0 Å². The molecule has 0 radical (unpaired) electrons. The van der Waals surface area contributed by atoms with Crippen LogP contribution in [0.15, 0.2) is 24.3 Å². The number of hydrogen-bond donors (Lipinski definition) is 2. The van der Waals surface area contributed by atoms with E-state index in [9.17, 15) is 4.79 Å². The second kappa shape index (κ2) is 7.67. The number of rotatable bonds is 4. The Kier molecular flexibility index (Phi) is 6.54. The van der Waals surface area contributed by atoms with Gasteiger partial charge < -0.3 is 10.6 Å². The molecule has 2 rings (SSSR count). The summed E-state index contributed by atoms with van der Waals surface area (Å²) in [5, 5.41) is 6.14. The number of thioether (sulfide) groups is 1. The lowest BCUT2D eigenvalue weighted by Gasteiger charge is -2.11. The molecule has 1 aromatic carbocycles. The Labute approximate surface area is 119 Å². The molecular formula is C13H19ClN2OS. The number of nitrogens with one attached hydrogen (secondary N) is 2.